The molecule has 1 aromatic carbocycles. The lowest BCUT2D eigenvalue weighted by Gasteiger charge is -2.22. The second-order valence-corrected chi connectivity index (χ2v) is 7.40. The number of hydrogen-bond donors (Lipinski definition) is 1. The van der Waals surface area contributed by atoms with Crippen molar-refractivity contribution in [3.8, 4) is 0 Å². The first-order chi connectivity index (χ1) is 8.62. The van der Waals surface area contributed by atoms with Crippen LogP contribution in [-0.4, -0.2) is 14.5 Å². The Morgan fingerprint density at radius 3 is 2.50 bits per heavy atom. The molecule has 0 radical (unpaired) electrons. The van der Waals surface area contributed by atoms with Crippen LogP contribution in [0.25, 0.3) is 0 Å². The molecule has 2 saturated carbocycles. The van der Waals surface area contributed by atoms with Crippen molar-refractivity contribution >= 4 is 10.0 Å². The fourth-order valence-electron chi connectivity index (χ4n) is 3.46. The molecule has 0 amide bonds. The highest BCUT2D eigenvalue weighted by atomic mass is 32.2. The SMILES string of the molecule is O=S(=O)(Cc1ccccc1)N[C@H]1C[C@@H]2CC[C@@H]1C2. The van der Waals surface area contributed by atoms with Gasteiger partial charge in [-0.05, 0) is 36.7 Å². The van der Waals surface area contributed by atoms with E-state index in [1.807, 2.05) is 30.3 Å². The Bertz CT molecular complexity index is 512. The van der Waals surface area contributed by atoms with Gasteiger partial charge in [0, 0.05) is 6.04 Å². The summed E-state index contributed by atoms with van der Waals surface area (Å²) in [6, 6.07) is 9.57. The molecule has 3 atom stereocenters. The molecule has 3 nitrogen and oxygen atoms in total. The summed E-state index contributed by atoms with van der Waals surface area (Å²) in [5.41, 5.74) is 0.855. The van der Waals surface area contributed by atoms with Crippen molar-refractivity contribution < 1.29 is 8.42 Å². The quantitative estimate of drug-likeness (QED) is 0.908. The molecule has 98 valence electrons. The highest BCUT2D eigenvalue weighted by Gasteiger charge is 2.40. The number of benzene rings is 1. The third-order valence-corrected chi connectivity index (χ3v) is 5.64. The van der Waals surface area contributed by atoms with Gasteiger partial charge in [0.25, 0.3) is 0 Å². The molecule has 2 aliphatic rings. The number of hydrogen-bond acceptors (Lipinski definition) is 2. The van der Waals surface area contributed by atoms with E-state index in [1.54, 1.807) is 0 Å². The van der Waals surface area contributed by atoms with Gasteiger partial charge in [-0.15, -0.1) is 0 Å². The van der Waals surface area contributed by atoms with Gasteiger partial charge in [-0.3, -0.25) is 0 Å². The van der Waals surface area contributed by atoms with Crippen molar-refractivity contribution in [2.45, 2.75) is 37.5 Å². The molecule has 2 bridgehead atoms. The van der Waals surface area contributed by atoms with Gasteiger partial charge in [-0.1, -0.05) is 36.8 Å². The van der Waals surface area contributed by atoms with Crippen molar-refractivity contribution in [1.82, 2.24) is 4.72 Å². The van der Waals surface area contributed by atoms with Crippen LogP contribution in [0.15, 0.2) is 30.3 Å². The average Bonchev–Trinajstić information content (AvgIpc) is 2.90. The first-order valence-corrected chi connectivity index (χ1v) is 8.31. The van der Waals surface area contributed by atoms with Gasteiger partial charge in [0.2, 0.25) is 10.0 Å². The van der Waals surface area contributed by atoms with Crippen molar-refractivity contribution in [2.75, 3.05) is 0 Å². The molecule has 0 spiro atoms. The third kappa shape index (κ3) is 2.59. The van der Waals surface area contributed by atoms with Gasteiger partial charge >= 0.3 is 0 Å². The minimum Gasteiger partial charge on any atom is -0.212 e. The molecule has 0 aromatic heterocycles. The normalized spacial score (nSPS) is 30.8. The summed E-state index contributed by atoms with van der Waals surface area (Å²) in [7, 11) is -3.19. The van der Waals surface area contributed by atoms with E-state index in [0.717, 1.165) is 17.9 Å². The van der Waals surface area contributed by atoms with Gasteiger partial charge in [0.05, 0.1) is 5.75 Å². The smallest absolute Gasteiger partial charge is 0.212 e. The summed E-state index contributed by atoms with van der Waals surface area (Å²) in [4.78, 5) is 0. The molecule has 0 unspecified atom stereocenters. The van der Waals surface area contributed by atoms with Crippen LogP contribution in [0.5, 0.6) is 0 Å². The van der Waals surface area contributed by atoms with Crippen LogP contribution >= 0.6 is 0 Å². The van der Waals surface area contributed by atoms with Crippen molar-refractivity contribution in [2.24, 2.45) is 11.8 Å². The molecule has 18 heavy (non-hydrogen) atoms. The zero-order chi connectivity index (χ0) is 12.6. The Morgan fingerprint density at radius 2 is 1.89 bits per heavy atom. The van der Waals surface area contributed by atoms with Crippen LogP contribution in [0.3, 0.4) is 0 Å². The monoisotopic (exact) mass is 265 g/mol. The molecule has 3 rings (SSSR count). The van der Waals surface area contributed by atoms with E-state index in [-0.39, 0.29) is 11.8 Å². The maximum atomic E-state index is 12.1. The molecule has 0 aliphatic heterocycles. The van der Waals surface area contributed by atoms with E-state index in [2.05, 4.69) is 4.72 Å². The Kier molecular flexibility index (Phi) is 3.16. The lowest BCUT2D eigenvalue weighted by atomic mass is 9.96. The predicted molar refractivity (Wildman–Crippen MR) is 71.4 cm³/mol. The molecule has 2 aliphatic carbocycles. The Morgan fingerprint density at radius 1 is 1.11 bits per heavy atom. The summed E-state index contributed by atoms with van der Waals surface area (Å²) >= 11 is 0. The highest BCUT2D eigenvalue weighted by molar-refractivity contribution is 7.88. The first kappa shape index (κ1) is 12.2. The van der Waals surface area contributed by atoms with Crippen LogP contribution in [0.4, 0.5) is 0 Å². The van der Waals surface area contributed by atoms with E-state index in [9.17, 15) is 8.42 Å². The van der Waals surface area contributed by atoms with Crippen LogP contribution in [0.1, 0.15) is 31.2 Å². The fourth-order valence-corrected chi connectivity index (χ4v) is 4.92. The summed E-state index contributed by atoms with van der Waals surface area (Å²) in [6.45, 7) is 0. The maximum Gasteiger partial charge on any atom is 0.216 e. The van der Waals surface area contributed by atoms with Crippen molar-refractivity contribution in [3.05, 3.63) is 35.9 Å². The Hall–Kier alpha value is -0.870. The van der Waals surface area contributed by atoms with Crippen molar-refractivity contribution in [1.29, 1.82) is 0 Å². The zero-order valence-electron chi connectivity index (χ0n) is 10.4. The Labute approximate surface area is 109 Å². The Balaban J connectivity index is 1.65. The molecule has 1 N–H and O–H groups in total. The van der Waals surface area contributed by atoms with Crippen LogP contribution in [-0.2, 0) is 15.8 Å². The molecule has 0 saturated heterocycles. The maximum absolute atomic E-state index is 12.1. The number of sulfonamides is 1. The van der Waals surface area contributed by atoms with Crippen LogP contribution in [0.2, 0.25) is 0 Å². The molecule has 0 heterocycles. The largest absolute Gasteiger partial charge is 0.216 e. The average molecular weight is 265 g/mol. The molecular formula is C14H19NO2S. The summed E-state index contributed by atoms with van der Waals surface area (Å²) < 4.78 is 27.1. The van der Waals surface area contributed by atoms with Gasteiger partial charge in [-0.2, -0.15) is 0 Å². The van der Waals surface area contributed by atoms with E-state index in [4.69, 9.17) is 0 Å². The predicted octanol–water partition coefficient (Wildman–Crippen LogP) is 2.29. The zero-order valence-corrected chi connectivity index (χ0v) is 11.2. The van der Waals surface area contributed by atoms with Crippen molar-refractivity contribution in [3.63, 3.8) is 0 Å². The summed E-state index contributed by atoms with van der Waals surface area (Å²) in [5, 5.41) is 0. The first-order valence-electron chi connectivity index (χ1n) is 6.66. The summed E-state index contributed by atoms with van der Waals surface area (Å²) in [6.07, 6.45) is 4.75. The van der Waals surface area contributed by atoms with Crippen LogP contribution < -0.4 is 4.72 Å². The van der Waals surface area contributed by atoms with Gasteiger partial charge in [0.1, 0.15) is 0 Å². The van der Waals surface area contributed by atoms with E-state index >= 15 is 0 Å². The molecule has 4 heteroatoms. The fraction of sp³-hybridized carbons (Fsp3) is 0.571. The lowest BCUT2D eigenvalue weighted by Crippen LogP contribution is -2.39. The number of nitrogens with one attached hydrogen (secondary N) is 1. The number of fused-ring (bicyclic) bond motifs is 2. The minimum atomic E-state index is -3.19. The number of rotatable bonds is 4. The summed E-state index contributed by atoms with van der Waals surface area (Å²) in [5.74, 6) is 1.45. The molecular weight excluding hydrogens is 246 g/mol. The standard InChI is InChI=1S/C14H19NO2S/c16-18(17,10-11-4-2-1-3-5-11)15-14-9-12-6-7-13(14)8-12/h1-5,12-15H,6-10H2/t12-,13-,14+/m1/s1. The van der Waals surface area contributed by atoms with E-state index in [1.165, 1.54) is 19.3 Å². The van der Waals surface area contributed by atoms with Gasteiger partial charge in [0.15, 0.2) is 0 Å². The highest BCUT2D eigenvalue weighted by Crippen LogP contribution is 2.44. The third-order valence-electron chi connectivity index (χ3n) is 4.27. The molecule has 2 fully saturated rings. The lowest BCUT2D eigenvalue weighted by molar-refractivity contribution is 0.390. The van der Waals surface area contributed by atoms with Crippen LogP contribution in [0, 0.1) is 11.8 Å². The minimum absolute atomic E-state index is 0.0989. The topological polar surface area (TPSA) is 46.2 Å². The second kappa shape index (κ2) is 4.67. The second-order valence-electron chi connectivity index (χ2n) is 5.64. The van der Waals surface area contributed by atoms with E-state index < -0.39 is 10.0 Å². The van der Waals surface area contributed by atoms with E-state index in [0.29, 0.717) is 5.92 Å². The van der Waals surface area contributed by atoms with Gasteiger partial charge in [-0.25, -0.2) is 13.1 Å². The molecule has 1 aromatic rings. The van der Waals surface area contributed by atoms with Gasteiger partial charge < -0.3 is 0 Å².